The number of ether oxygens (including phenoxy) is 1. The van der Waals surface area contributed by atoms with Crippen LogP contribution in [-0.4, -0.2) is 48.5 Å². The standard InChI is InChI=1S/C22H25N3O3.ClH/c1-15-22(27)25(19-9-5-6-10-20(19)28-15)12-11-21(26)24-13-17(18(23)14-24)16-7-3-2-4-8-16;/h2-10,15,17-18H,11-14,23H2,1H3;1H/t15?,17-,18+;/m0./s1. The molecule has 2 amide bonds. The molecule has 2 N–H and O–H groups in total. The Morgan fingerprint density at radius 1 is 1.10 bits per heavy atom. The van der Waals surface area contributed by atoms with Crippen LogP contribution in [0.4, 0.5) is 5.69 Å². The van der Waals surface area contributed by atoms with Crippen molar-refractivity contribution in [1.29, 1.82) is 0 Å². The average molecular weight is 416 g/mol. The second-order valence-electron chi connectivity index (χ2n) is 7.45. The number of fused-ring (bicyclic) bond motifs is 1. The monoisotopic (exact) mass is 415 g/mol. The molecule has 0 aromatic heterocycles. The molecule has 29 heavy (non-hydrogen) atoms. The molecule has 6 nitrogen and oxygen atoms in total. The van der Waals surface area contributed by atoms with Crippen molar-refractivity contribution in [2.75, 3.05) is 24.5 Å². The van der Waals surface area contributed by atoms with Crippen LogP contribution in [0, 0.1) is 0 Å². The lowest BCUT2D eigenvalue weighted by Gasteiger charge is -2.33. The number of para-hydroxylation sites is 2. The number of anilines is 1. The van der Waals surface area contributed by atoms with Crippen molar-refractivity contribution >= 4 is 29.9 Å². The first-order valence-electron chi connectivity index (χ1n) is 9.70. The van der Waals surface area contributed by atoms with Crippen LogP contribution >= 0.6 is 12.4 Å². The van der Waals surface area contributed by atoms with Crippen molar-refractivity contribution in [2.45, 2.75) is 31.4 Å². The number of likely N-dealkylation sites (tertiary alicyclic amines) is 1. The van der Waals surface area contributed by atoms with E-state index in [4.69, 9.17) is 10.5 Å². The van der Waals surface area contributed by atoms with Crippen LogP contribution in [0.15, 0.2) is 54.6 Å². The Morgan fingerprint density at radius 2 is 1.79 bits per heavy atom. The van der Waals surface area contributed by atoms with Gasteiger partial charge in [-0.1, -0.05) is 42.5 Å². The summed E-state index contributed by atoms with van der Waals surface area (Å²) >= 11 is 0. The molecule has 2 aromatic carbocycles. The van der Waals surface area contributed by atoms with Crippen molar-refractivity contribution in [2.24, 2.45) is 5.73 Å². The number of rotatable bonds is 4. The molecular formula is C22H26ClN3O3. The highest BCUT2D eigenvalue weighted by molar-refractivity contribution is 6.00. The Morgan fingerprint density at radius 3 is 2.55 bits per heavy atom. The van der Waals surface area contributed by atoms with Crippen LogP contribution in [0.1, 0.15) is 24.8 Å². The van der Waals surface area contributed by atoms with Crippen LogP contribution in [0.25, 0.3) is 0 Å². The van der Waals surface area contributed by atoms with Crippen molar-refractivity contribution in [1.82, 2.24) is 4.90 Å². The fraction of sp³-hybridized carbons (Fsp3) is 0.364. The van der Waals surface area contributed by atoms with Crippen molar-refractivity contribution < 1.29 is 14.3 Å². The van der Waals surface area contributed by atoms with Gasteiger partial charge in [0.2, 0.25) is 5.91 Å². The van der Waals surface area contributed by atoms with Crippen molar-refractivity contribution in [3.8, 4) is 5.75 Å². The molecule has 4 rings (SSSR count). The maximum atomic E-state index is 12.8. The zero-order valence-corrected chi connectivity index (χ0v) is 17.2. The smallest absolute Gasteiger partial charge is 0.267 e. The predicted molar refractivity (Wildman–Crippen MR) is 114 cm³/mol. The fourth-order valence-electron chi connectivity index (χ4n) is 4.04. The van der Waals surface area contributed by atoms with Crippen molar-refractivity contribution in [3.63, 3.8) is 0 Å². The molecule has 154 valence electrons. The Balaban J connectivity index is 0.00000240. The Kier molecular flexibility index (Phi) is 6.45. The van der Waals surface area contributed by atoms with E-state index in [1.165, 1.54) is 0 Å². The van der Waals surface area contributed by atoms with E-state index in [-0.39, 0.29) is 42.6 Å². The molecule has 1 unspecified atom stereocenters. The minimum absolute atomic E-state index is 0. The molecule has 3 atom stereocenters. The summed E-state index contributed by atoms with van der Waals surface area (Å²) in [4.78, 5) is 28.9. The van der Waals surface area contributed by atoms with Gasteiger partial charge in [-0.15, -0.1) is 12.4 Å². The number of benzene rings is 2. The highest BCUT2D eigenvalue weighted by Crippen LogP contribution is 2.34. The Hall–Kier alpha value is -2.57. The van der Waals surface area contributed by atoms with Gasteiger partial charge in [0.05, 0.1) is 5.69 Å². The molecule has 2 aliphatic rings. The molecule has 0 spiro atoms. The summed E-state index contributed by atoms with van der Waals surface area (Å²) in [6, 6.07) is 17.4. The molecule has 0 aliphatic carbocycles. The van der Waals surface area contributed by atoms with Gasteiger partial charge in [0.1, 0.15) is 5.75 Å². The lowest BCUT2D eigenvalue weighted by Crippen LogP contribution is -2.46. The zero-order valence-electron chi connectivity index (χ0n) is 16.4. The molecule has 0 bridgehead atoms. The van der Waals surface area contributed by atoms with E-state index >= 15 is 0 Å². The minimum atomic E-state index is -0.548. The van der Waals surface area contributed by atoms with E-state index in [0.717, 1.165) is 11.3 Å². The highest BCUT2D eigenvalue weighted by Gasteiger charge is 2.35. The Labute approximate surface area is 177 Å². The van der Waals surface area contributed by atoms with Gasteiger partial charge in [-0.3, -0.25) is 9.59 Å². The van der Waals surface area contributed by atoms with Crippen LogP contribution in [-0.2, 0) is 9.59 Å². The van der Waals surface area contributed by atoms with Crippen LogP contribution < -0.4 is 15.4 Å². The highest BCUT2D eigenvalue weighted by atomic mass is 35.5. The van der Waals surface area contributed by atoms with E-state index in [1.807, 2.05) is 47.4 Å². The molecule has 1 saturated heterocycles. The number of carbonyl (C=O) groups excluding carboxylic acids is 2. The van der Waals surface area contributed by atoms with Gasteiger partial charge >= 0.3 is 0 Å². The van der Waals surface area contributed by atoms with Crippen LogP contribution in [0.5, 0.6) is 5.75 Å². The first kappa shape index (κ1) is 21.1. The van der Waals surface area contributed by atoms with Crippen molar-refractivity contribution in [3.05, 3.63) is 60.2 Å². The van der Waals surface area contributed by atoms with Gasteiger partial charge in [-0.2, -0.15) is 0 Å². The summed E-state index contributed by atoms with van der Waals surface area (Å²) in [7, 11) is 0. The second kappa shape index (κ2) is 8.84. The van der Waals surface area contributed by atoms with Crippen LogP contribution in [0.2, 0.25) is 0 Å². The van der Waals surface area contributed by atoms with E-state index in [0.29, 0.717) is 25.4 Å². The summed E-state index contributed by atoms with van der Waals surface area (Å²) in [6.07, 6.45) is -0.284. The number of nitrogens with zero attached hydrogens (tertiary/aromatic N) is 2. The number of hydrogen-bond donors (Lipinski definition) is 1. The lowest BCUT2D eigenvalue weighted by atomic mass is 9.95. The molecular weight excluding hydrogens is 390 g/mol. The molecule has 2 aromatic rings. The topological polar surface area (TPSA) is 75.9 Å². The number of hydrogen-bond acceptors (Lipinski definition) is 4. The lowest BCUT2D eigenvalue weighted by molar-refractivity contribution is -0.130. The third kappa shape index (κ3) is 4.23. The summed E-state index contributed by atoms with van der Waals surface area (Å²) in [5, 5.41) is 0. The third-order valence-electron chi connectivity index (χ3n) is 5.57. The van der Waals surface area contributed by atoms with Gasteiger partial charge in [0.25, 0.3) is 5.91 Å². The van der Waals surface area contributed by atoms with E-state index in [1.54, 1.807) is 11.8 Å². The minimum Gasteiger partial charge on any atom is -0.479 e. The van der Waals surface area contributed by atoms with Gasteiger partial charge in [0, 0.05) is 38.0 Å². The molecule has 0 saturated carbocycles. The van der Waals surface area contributed by atoms with Gasteiger partial charge in [0.15, 0.2) is 6.10 Å². The van der Waals surface area contributed by atoms with Gasteiger partial charge in [-0.05, 0) is 24.6 Å². The van der Waals surface area contributed by atoms with Gasteiger partial charge in [-0.25, -0.2) is 0 Å². The molecule has 1 fully saturated rings. The number of halogens is 1. The normalized spacial score (nSPS) is 23.2. The summed E-state index contributed by atoms with van der Waals surface area (Å²) in [6.45, 7) is 3.23. The summed E-state index contributed by atoms with van der Waals surface area (Å²) < 4.78 is 5.65. The summed E-state index contributed by atoms with van der Waals surface area (Å²) in [5.41, 5.74) is 8.19. The number of nitrogens with two attached hydrogens (primary N) is 1. The molecule has 2 aliphatic heterocycles. The maximum Gasteiger partial charge on any atom is 0.267 e. The largest absolute Gasteiger partial charge is 0.479 e. The zero-order chi connectivity index (χ0) is 19.7. The Bertz CT molecular complexity index is 877. The fourth-order valence-corrected chi connectivity index (χ4v) is 4.04. The van der Waals surface area contributed by atoms with Crippen LogP contribution in [0.3, 0.4) is 0 Å². The van der Waals surface area contributed by atoms with Gasteiger partial charge < -0.3 is 20.3 Å². The molecule has 0 radical (unpaired) electrons. The number of carbonyl (C=O) groups is 2. The van der Waals surface area contributed by atoms with E-state index in [2.05, 4.69) is 12.1 Å². The number of amides is 2. The van der Waals surface area contributed by atoms with E-state index in [9.17, 15) is 9.59 Å². The second-order valence-corrected chi connectivity index (χ2v) is 7.45. The predicted octanol–water partition coefficient (Wildman–Crippen LogP) is 2.57. The SMILES string of the molecule is CC1Oc2ccccc2N(CCC(=O)N2C[C@@H](N)[C@H](c3ccccc3)C2)C1=O.Cl. The first-order valence-corrected chi connectivity index (χ1v) is 9.70. The summed E-state index contributed by atoms with van der Waals surface area (Å²) in [5.74, 6) is 0.732. The molecule has 7 heteroatoms. The van der Waals surface area contributed by atoms with E-state index < -0.39 is 6.10 Å². The first-order chi connectivity index (χ1) is 13.5. The quantitative estimate of drug-likeness (QED) is 0.832. The third-order valence-corrected chi connectivity index (χ3v) is 5.57. The average Bonchev–Trinajstić information content (AvgIpc) is 3.10. The maximum absolute atomic E-state index is 12.8. The molecule has 2 heterocycles.